The molecule has 4 amide bonds. The Balaban J connectivity index is 1.19. The van der Waals surface area contributed by atoms with Gasteiger partial charge in [-0.05, 0) is 37.5 Å². The summed E-state index contributed by atoms with van der Waals surface area (Å²) in [5, 5.41) is 33.6. The van der Waals surface area contributed by atoms with Gasteiger partial charge in [0.25, 0.3) is 0 Å². The molecule has 5 unspecified atom stereocenters. The smallest absolute Gasteiger partial charge is 0.336 e. The van der Waals surface area contributed by atoms with Gasteiger partial charge >= 0.3 is 11.7 Å². The molecule has 0 saturated carbocycles. The van der Waals surface area contributed by atoms with Crippen LogP contribution in [0.2, 0.25) is 0 Å². The summed E-state index contributed by atoms with van der Waals surface area (Å²) >= 11 is 1.78. The summed E-state index contributed by atoms with van der Waals surface area (Å²) in [4.78, 5) is 47.8. The summed E-state index contributed by atoms with van der Waals surface area (Å²) < 4.78 is 17.2. The summed E-state index contributed by atoms with van der Waals surface area (Å²) in [5.74, 6) is 0.378. The van der Waals surface area contributed by atoms with Crippen LogP contribution in [0.3, 0.4) is 0 Å². The van der Waals surface area contributed by atoms with E-state index in [0.29, 0.717) is 17.4 Å². The van der Waals surface area contributed by atoms with Gasteiger partial charge in [-0.25, -0.2) is 9.59 Å². The normalized spacial score (nSPS) is 30.8. The molecule has 3 fully saturated rings. The highest BCUT2D eigenvalue weighted by molar-refractivity contribution is 8.00. The van der Waals surface area contributed by atoms with Crippen molar-refractivity contribution >= 4 is 40.6 Å². The molecular weight excluding hydrogens is 556 g/mol. The van der Waals surface area contributed by atoms with Crippen molar-refractivity contribution in [2.45, 2.75) is 81.1 Å². The first-order valence-electron chi connectivity index (χ1n) is 13.5. The topological polar surface area (TPSA) is 188 Å². The second-order valence-corrected chi connectivity index (χ2v) is 11.9. The molecule has 0 bridgehead atoms. The number of ether oxygens (including phenoxy) is 2. The number of aryl methyl sites for hydroxylation is 1. The Morgan fingerprint density at radius 1 is 1.17 bits per heavy atom. The second-order valence-electron chi connectivity index (χ2n) is 10.6. The number of carbonyl (C=O) groups is 3. The number of carbonyl (C=O) groups excluding carboxylic acids is 3. The Morgan fingerprint density at radius 3 is 2.76 bits per heavy atom. The summed E-state index contributed by atoms with van der Waals surface area (Å²) in [7, 11) is 0. The highest BCUT2D eigenvalue weighted by Crippen LogP contribution is 2.33. The number of aliphatic hydroxyl groups is 2. The van der Waals surface area contributed by atoms with E-state index in [2.05, 4.69) is 21.3 Å². The van der Waals surface area contributed by atoms with Crippen LogP contribution in [-0.2, 0) is 14.3 Å². The average Bonchev–Trinajstić information content (AvgIpc) is 3.46. The number of hydrogen-bond acceptors (Lipinski definition) is 10. The largest absolute Gasteiger partial charge is 0.462 e. The van der Waals surface area contributed by atoms with Gasteiger partial charge in [0.2, 0.25) is 18.1 Å². The third-order valence-corrected chi connectivity index (χ3v) is 9.09. The van der Waals surface area contributed by atoms with Gasteiger partial charge in [-0.3, -0.25) is 9.59 Å². The van der Waals surface area contributed by atoms with Crippen LogP contribution in [0, 0.1) is 6.92 Å². The van der Waals surface area contributed by atoms with Crippen LogP contribution in [0.1, 0.15) is 31.7 Å². The third-order valence-electron chi connectivity index (χ3n) is 7.58. The SMILES string of the molecule is CC(=O)NC1C(Oc2ccc3c(C)cc(=O)oc3c2)OC(CNC(=O)CCC[C@@H]2SC[C@@H]3NC(=O)N[C@@H]32)C(O)C1O. The van der Waals surface area contributed by atoms with Crippen molar-refractivity contribution in [2.75, 3.05) is 12.3 Å². The molecule has 14 heteroatoms. The number of fused-ring (bicyclic) bond motifs is 2. The molecule has 3 aliphatic heterocycles. The van der Waals surface area contributed by atoms with Crippen molar-refractivity contribution in [3.63, 3.8) is 0 Å². The molecule has 5 rings (SSSR count). The van der Waals surface area contributed by atoms with Crippen LogP contribution < -0.4 is 31.6 Å². The third kappa shape index (κ3) is 6.61. The predicted molar refractivity (Wildman–Crippen MR) is 148 cm³/mol. The van der Waals surface area contributed by atoms with E-state index in [4.69, 9.17) is 13.9 Å². The van der Waals surface area contributed by atoms with E-state index in [1.54, 1.807) is 30.8 Å². The van der Waals surface area contributed by atoms with Gasteiger partial charge in [-0.1, -0.05) is 0 Å². The van der Waals surface area contributed by atoms with E-state index in [9.17, 15) is 29.4 Å². The molecule has 222 valence electrons. The summed E-state index contributed by atoms with van der Waals surface area (Å²) in [6, 6.07) is 5.15. The molecule has 8 atom stereocenters. The molecule has 6 N–H and O–H groups in total. The minimum absolute atomic E-state index is 0.0685. The zero-order valence-electron chi connectivity index (χ0n) is 22.6. The number of hydrogen-bond donors (Lipinski definition) is 6. The fourth-order valence-corrected chi connectivity index (χ4v) is 7.05. The van der Waals surface area contributed by atoms with Gasteiger partial charge in [-0.2, -0.15) is 11.8 Å². The molecule has 13 nitrogen and oxygen atoms in total. The lowest BCUT2D eigenvalue weighted by Crippen LogP contribution is -2.66. The van der Waals surface area contributed by atoms with Gasteiger partial charge in [0, 0.05) is 48.4 Å². The fraction of sp³-hybridized carbons (Fsp3) is 0.556. The van der Waals surface area contributed by atoms with Crippen molar-refractivity contribution in [3.8, 4) is 5.75 Å². The van der Waals surface area contributed by atoms with Crippen molar-refractivity contribution in [1.82, 2.24) is 21.3 Å². The standard InChI is InChI=1S/C27H34N4O9S/c1-12-8-21(34)39-17-9-14(6-7-15(12)17)38-26-23(29-13(2)32)25(36)24(35)18(40-26)10-28-20(33)5-3-4-19-22-16(11-41-19)30-27(37)31-22/h6-9,16,18-19,22-26,35-36H,3-5,10-11H2,1-2H3,(H,28,33)(H,29,32)(H2,30,31,37)/t16-,18?,19-,22-,23?,24?,25?,26?/m0/s1. The van der Waals surface area contributed by atoms with Crippen molar-refractivity contribution in [3.05, 3.63) is 40.2 Å². The van der Waals surface area contributed by atoms with Crippen LogP contribution in [0.25, 0.3) is 11.0 Å². The first-order chi connectivity index (χ1) is 19.6. The number of rotatable bonds is 9. The maximum Gasteiger partial charge on any atom is 0.336 e. The minimum Gasteiger partial charge on any atom is -0.462 e. The number of aliphatic hydroxyl groups excluding tert-OH is 2. The molecule has 0 spiro atoms. The fourth-order valence-electron chi connectivity index (χ4n) is 5.51. The first-order valence-corrected chi connectivity index (χ1v) is 14.6. The maximum atomic E-state index is 12.6. The van der Waals surface area contributed by atoms with Crippen LogP contribution in [0.15, 0.2) is 33.5 Å². The predicted octanol–water partition coefficient (Wildman–Crippen LogP) is -0.116. The van der Waals surface area contributed by atoms with Gasteiger partial charge in [0.05, 0.1) is 12.1 Å². The van der Waals surface area contributed by atoms with Crippen LogP contribution in [0.5, 0.6) is 5.75 Å². The van der Waals surface area contributed by atoms with Crippen molar-refractivity contribution in [1.29, 1.82) is 0 Å². The summed E-state index contributed by atoms with van der Waals surface area (Å²) in [6.07, 6.45) is -3.50. The molecule has 3 saturated heterocycles. The summed E-state index contributed by atoms with van der Waals surface area (Å²) in [6.45, 7) is 2.94. The Bertz CT molecular complexity index is 1370. The van der Waals surface area contributed by atoms with Crippen molar-refractivity contribution < 1.29 is 38.5 Å². The molecule has 0 aliphatic carbocycles. The van der Waals surface area contributed by atoms with Crippen LogP contribution >= 0.6 is 11.8 Å². The molecule has 0 radical (unpaired) electrons. The lowest BCUT2D eigenvalue weighted by molar-refractivity contribution is -0.235. The molecular formula is C27H34N4O9S. The van der Waals surface area contributed by atoms with E-state index in [-0.39, 0.29) is 48.0 Å². The van der Waals surface area contributed by atoms with Gasteiger partial charge < -0.3 is 45.4 Å². The van der Waals surface area contributed by atoms with E-state index in [0.717, 1.165) is 17.7 Å². The van der Waals surface area contributed by atoms with Gasteiger partial charge in [-0.15, -0.1) is 0 Å². The highest BCUT2D eigenvalue weighted by atomic mass is 32.2. The first kappa shape index (κ1) is 29.2. The average molecular weight is 591 g/mol. The van der Waals surface area contributed by atoms with Crippen molar-refractivity contribution in [2.24, 2.45) is 0 Å². The Hall–Kier alpha value is -3.33. The lowest BCUT2D eigenvalue weighted by atomic mass is 9.96. The van der Waals surface area contributed by atoms with Gasteiger partial charge in [0.1, 0.15) is 35.7 Å². The Labute approximate surface area is 239 Å². The molecule has 3 aliphatic rings. The summed E-state index contributed by atoms with van der Waals surface area (Å²) in [5.41, 5.74) is 0.512. The number of benzene rings is 1. The molecule has 1 aromatic carbocycles. The molecule has 2 aromatic rings. The van der Waals surface area contributed by atoms with E-state index >= 15 is 0 Å². The number of thioether (sulfide) groups is 1. The quantitative estimate of drug-likeness (QED) is 0.170. The zero-order chi connectivity index (χ0) is 29.3. The lowest BCUT2D eigenvalue weighted by Gasteiger charge is -2.42. The van der Waals surface area contributed by atoms with E-state index in [1.165, 1.54) is 19.1 Å². The Kier molecular flexibility index (Phi) is 8.73. The monoisotopic (exact) mass is 590 g/mol. The van der Waals surface area contributed by atoms with Crippen LogP contribution in [0.4, 0.5) is 4.79 Å². The molecule has 41 heavy (non-hydrogen) atoms. The Morgan fingerprint density at radius 2 is 1.98 bits per heavy atom. The van der Waals surface area contributed by atoms with Gasteiger partial charge in [0.15, 0.2) is 0 Å². The highest BCUT2D eigenvalue weighted by Gasteiger charge is 2.46. The molecule has 1 aromatic heterocycles. The number of urea groups is 1. The van der Waals surface area contributed by atoms with E-state index < -0.39 is 42.2 Å². The zero-order valence-corrected chi connectivity index (χ0v) is 23.4. The maximum absolute atomic E-state index is 12.6. The molecule has 4 heterocycles. The minimum atomic E-state index is -1.46. The van der Waals surface area contributed by atoms with E-state index in [1.807, 2.05) is 0 Å². The number of amides is 4. The second kappa shape index (κ2) is 12.3. The number of nitrogens with one attached hydrogen (secondary N) is 4. The van der Waals surface area contributed by atoms with Crippen LogP contribution in [-0.4, -0.2) is 88.3 Å².